The fourth-order valence-electron chi connectivity index (χ4n) is 3.81. The third kappa shape index (κ3) is 6.12. The number of hydrogen-bond acceptors (Lipinski definition) is 1. The number of halogens is 5. The van der Waals surface area contributed by atoms with Crippen molar-refractivity contribution in [3.05, 3.63) is 81.6 Å². The van der Waals surface area contributed by atoms with E-state index < -0.39 is 17.8 Å². The standard InChI is InChI=1S/C25H25Cl2F3N2O/c1-24(2,3)15-31(4)23(33)22-20(17-8-10-18(26)11-9-17)13-21(25(28,29)30)32(22)14-16-6-5-7-19(27)12-16/h5-13H,14-15H2,1-4H3. The maximum absolute atomic E-state index is 14.1. The van der Waals surface area contributed by atoms with Crippen molar-refractivity contribution in [3.8, 4) is 11.1 Å². The van der Waals surface area contributed by atoms with Crippen LogP contribution in [0.5, 0.6) is 0 Å². The average molecular weight is 497 g/mol. The molecule has 0 radical (unpaired) electrons. The van der Waals surface area contributed by atoms with Gasteiger partial charge in [-0.2, -0.15) is 13.2 Å². The third-order valence-corrected chi connectivity index (χ3v) is 5.52. The van der Waals surface area contributed by atoms with E-state index in [1.807, 2.05) is 20.8 Å². The summed E-state index contributed by atoms with van der Waals surface area (Å²) in [6.45, 7) is 6.10. The molecule has 1 heterocycles. The molecule has 0 atom stereocenters. The van der Waals surface area contributed by atoms with Gasteiger partial charge in [0.1, 0.15) is 11.4 Å². The van der Waals surface area contributed by atoms with Crippen molar-refractivity contribution in [1.82, 2.24) is 9.47 Å². The summed E-state index contributed by atoms with van der Waals surface area (Å²) in [7, 11) is 1.60. The molecule has 3 nitrogen and oxygen atoms in total. The SMILES string of the molecule is CN(CC(C)(C)C)C(=O)c1c(-c2ccc(Cl)cc2)cc(C(F)(F)F)n1Cc1cccc(Cl)c1. The van der Waals surface area contributed by atoms with E-state index in [0.717, 1.165) is 10.6 Å². The van der Waals surface area contributed by atoms with Crippen molar-refractivity contribution in [2.24, 2.45) is 5.41 Å². The molecule has 0 saturated heterocycles. The summed E-state index contributed by atoms with van der Waals surface area (Å²) in [5, 5.41) is 0.856. The van der Waals surface area contributed by atoms with Crippen molar-refractivity contribution in [2.75, 3.05) is 13.6 Å². The molecular formula is C25H25Cl2F3N2O. The van der Waals surface area contributed by atoms with Crippen molar-refractivity contribution in [3.63, 3.8) is 0 Å². The topological polar surface area (TPSA) is 25.2 Å². The average Bonchev–Trinajstić information content (AvgIpc) is 3.06. The van der Waals surface area contributed by atoms with Gasteiger partial charge in [0.15, 0.2) is 0 Å². The lowest BCUT2D eigenvalue weighted by molar-refractivity contribution is -0.143. The Morgan fingerprint density at radius 2 is 1.61 bits per heavy atom. The zero-order valence-corrected chi connectivity index (χ0v) is 20.3. The maximum atomic E-state index is 14.1. The molecule has 8 heteroatoms. The summed E-state index contributed by atoms with van der Waals surface area (Å²) in [6, 6.07) is 14.0. The van der Waals surface area contributed by atoms with E-state index in [9.17, 15) is 18.0 Å². The van der Waals surface area contributed by atoms with Crippen LogP contribution in [0.2, 0.25) is 10.0 Å². The minimum Gasteiger partial charge on any atom is -0.340 e. The van der Waals surface area contributed by atoms with Gasteiger partial charge >= 0.3 is 6.18 Å². The highest BCUT2D eigenvalue weighted by molar-refractivity contribution is 6.30. The Bertz CT molecular complexity index is 1150. The minimum atomic E-state index is -4.67. The first-order valence-corrected chi connectivity index (χ1v) is 11.1. The molecule has 0 aliphatic rings. The second-order valence-electron chi connectivity index (χ2n) is 9.23. The van der Waals surface area contributed by atoms with Crippen molar-refractivity contribution < 1.29 is 18.0 Å². The van der Waals surface area contributed by atoms with E-state index in [1.165, 1.54) is 4.90 Å². The zero-order chi connectivity index (χ0) is 24.6. The molecule has 0 bridgehead atoms. The van der Waals surface area contributed by atoms with Crippen molar-refractivity contribution >= 4 is 29.1 Å². The van der Waals surface area contributed by atoms with E-state index in [-0.39, 0.29) is 23.2 Å². The monoisotopic (exact) mass is 496 g/mol. The summed E-state index contributed by atoms with van der Waals surface area (Å²) in [4.78, 5) is 15.0. The molecule has 2 aromatic carbocycles. The Morgan fingerprint density at radius 3 is 2.15 bits per heavy atom. The molecule has 0 N–H and O–H groups in total. The highest BCUT2D eigenvalue weighted by Crippen LogP contribution is 2.38. The van der Waals surface area contributed by atoms with Crippen LogP contribution in [0.3, 0.4) is 0 Å². The lowest BCUT2D eigenvalue weighted by Gasteiger charge is -2.28. The Balaban J connectivity index is 2.25. The number of amides is 1. The smallest absolute Gasteiger partial charge is 0.340 e. The first-order valence-electron chi connectivity index (χ1n) is 10.3. The van der Waals surface area contributed by atoms with Crippen molar-refractivity contribution in [2.45, 2.75) is 33.5 Å². The van der Waals surface area contributed by atoms with Crippen LogP contribution in [0.15, 0.2) is 54.6 Å². The van der Waals surface area contributed by atoms with Crippen LogP contribution in [0, 0.1) is 5.41 Å². The predicted octanol–water partition coefficient (Wildman–Crippen LogP) is 7.65. The van der Waals surface area contributed by atoms with E-state index in [2.05, 4.69) is 0 Å². The summed E-state index contributed by atoms with van der Waals surface area (Å²) in [6.07, 6.45) is -4.67. The Hall–Kier alpha value is -2.44. The molecule has 0 saturated carbocycles. The van der Waals surface area contributed by atoms with Gasteiger partial charge in [-0.25, -0.2) is 0 Å². The number of rotatable bonds is 5. The molecule has 0 unspecified atom stereocenters. The summed E-state index contributed by atoms with van der Waals surface area (Å²) in [5.41, 5.74) is 0.0614. The quantitative estimate of drug-likeness (QED) is 0.356. The molecule has 3 aromatic rings. The normalized spacial score (nSPS) is 12.2. The minimum absolute atomic E-state index is 0.0311. The molecule has 33 heavy (non-hydrogen) atoms. The second-order valence-corrected chi connectivity index (χ2v) is 10.1. The fourth-order valence-corrected chi connectivity index (χ4v) is 4.15. The van der Waals surface area contributed by atoms with Crippen LogP contribution in [-0.4, -0.2) is 29.0 Å². The molecule has 0 aliphatic carbocycles. The molecule has 176 valence electrons. The van der Waals surface area contributed by atoms with Gasteiger partial charge in [-0.05, 0) is 46.9 Å². The molecule has 0 aliphatic heterocycles. The summed E-state index contributed by atoms with van der Waals surface area (Å²) >= 11 is 12.0. The van der Waals surface area contributed by atoms with Gasteiger partial charge in [-0.1, -0.05) is 68.2 Å². The first-order chi connectivity index (χ1) is 15.3. The van der Waals surface area contributed by atoms with Crippen LogP contribution in [0.25, 0.3) is 11.1 Å². The van der Waals surface area contributed by atoms with E-state index >= 15 is 0 Å². The number of hydrogen-bond donors (Lipinski definition) is 0. The molecular weight excluding hydrogens is 472 g/mol. The van der Waals surface area contributed by atoms with Gasteiger partial charge in [-0.3, -0.25) is 4.79 Å². The fraction of sp³-hybridized carbons (Fsp3) is 0.320. The summed E-state index contributed by atoms with van der Waals surface area (Å²) in [5.74, 6) is -0.493. The maximum Gasteiger partial charge on any atom is 0.431 e. The van der Waals surface area contributed by atoms with Crippen LogP contribution < -0.4 is 0 Å². The number of carbonyl (C=O) groups excluding carboxylic acids is 1. The van der Waals surface area contributed by atoms with Gasteiger partial charge < -0.3 is 9.47 Å². The van der Waals surface area contributed by atoms with Crippen LogP contribution in [-0.2, 0) is 12.7 Å². The number of carbonyl (C=O) groups is 1. The number of benzene rings is 2. The van der Waals surface area contributed by atoms with E-state index in [4.69, 9.17) is 23.2 Å². The Kier molecular flexibility index (Phi) is 7.20. The van der Waals surface area contributed by atoms with E-state index in [0.29, 0.717) is 27.7 Å². The number of nitrogens with zero attached hydrogens (tertiary/aromatic N) is 2. The molecule has 1 aromatic heterocycles. The number of aromatic nitrogens is 1. The van der Waals surface area contributed by atoms with E-state index in [1.54, 1.807) is 55.6 Å². The second kappa shape index (κ2) is 9.43. The van der Waals surface area contributed by atoms with Crippen molar-refractivity contribution in [1.29, 1.82) is 0 Å². The van der Waals surface area contributed by atoms with Gasteiger partial charge in [0, 0.05) is 35.7 Å². The zero-order valence-electron chi connectivity index (χ0n) is 18.8. The van der Waals surface area contributed by atoms with Crippen LogP contribution in [0.1, 0.15) is 42.5 Å². The Morgan fingerprint density at radius 1 is 0.970 bits per heavy atom. The van der Waals surface area contributed by atoms with Gasteiger partial charge in [0.2, 0.25) is 0 Å². The molecule has 0 spiro atoms. The third-order valence-electron chi connectivity index (χ3n) is 5.03. The molecule has 1 amide bonds. The highest BCUT2D eigenvalue weighted by atomic mass is 35.5. The molecule has 3 rings (SSSR count). The van der Waals surface area contributed by atoms with Crippen LogP contribution in [0.4, 0.5) is 13.2 Å². The van der Waals surface area contributed by atoms with Gasteiger partial charge in [-0.15, -0.1) is 0 Å². The first kappa shape index (κ1) is 25.2. The predicted molar refractivity (Wildman–Crippen MR) is 127 cm³/mol. The van der Waals surface area contributed by atoms with Gasteiger partial charge in [0.05, 0.1) is 0 Å². The summed E-state index contributed by atoms with van der Waals surface area (Å²) < 4.78 is 43.5. The highest BCUT2D eigenvalue weighted by Gasteiger charge is 2.39. The Labute approximate surface area is 201 Å². The lowest BCUT2D eigenvalue weighted by atomic mass is 9.96. The lowest BCUT2D eigenvalue weighted by Crippen LogP contribution is -2.36. The molecule has 0 fully saturated rings. The number of alkyl halides is 3. The van der Waals surface area contributed by atoms with Crippen LogP contribution >= 0.6 is 23.2 Å². The van der Waals surface area contributed by atoms with Gasteiger partial charge in [0.25, 0.3) is 5.91 Å². The largest absolute Gasteiger partial charge is 0.431 e.